The Morgan fingerprint density at radius 1 is 1.42 bits per heavy atom. The first-order chi connectivity index (χ1) is 9.10. The Balaban J connectivity index is 1.85. The molecule has 0 spiro atoms. The lowest BCUT2D eigenvalue weighted by Crippen LogP contribution is -2.38. The van der Waals surface area contributed by atoms with E-state index in [1.165, 1.54) is 25.7 Å². The second kappa shape index (κ2) is 6.60. The maximum atomic E-state index is 12.2. The van der Waals surface area contributed by atoms with Crippen molar-refractivity contribution < 1.29 is 4.79 Å². The molecule has 1 fully saturated rings. The van der Waals surface area contributed by atoms with Crippen LogP contribution >= 0.6 is 15.9 Å². The summed E-state index contributed by atoms with van der Waals surface area (Å²) in [6.45, 7) is 2.25. The summed E-state index contributed by atoms with van der Waals surface area (Å²) >= 11 is 3.40. The normalized spacial score (nSPS) is 23.3. The predicted molar refractivity (Wildman–Crippen MR) is 81.2 cm³/mol. The van der Waals surface area contributed by atoms with E-state index in [9.17, 15) is 4.79 Å². The summed E-state index contributed by atoms with van der Waals surface area (Å²) in [7, 11) is 1.90. The van der Waals surface area contributed by atoms with E-state index >= 15 is 0 Å². The maximum Gasteiger partial charge on any atom is 0.268 e. The number of carbonyl (C=O) groups excluding carboxylic acids is 1. The number of hydrogen-bond donors (Lipinski definition) is 1. The number of hydrogen-bond acceptors (Lipinski definition) is 1. The molecular weight excluding hydrogens is 304 g/mol. The molecule has 19 heavy (non-hydrogen) atoms. The Bertz CT molecular complexity index is 433. The number of amides is 1. The quantitative estimate of drug-likeness (QED) is 0.895. The zero-order valence-corrected chi connectivity index (χ0v) is 13.4. The molecule has 1 amide bonds. The van der Waals surface area contributed by atoms with Gasteiger partial charge in [0.25, 0.3) is 5.91 Å². The van der Waals surface area contributed by atoms with E-state index in [1.54, 1.807) is 0 Å². The van der Waals surface area contributed by atoms with Crippen LogP contribution in [0.15, 0.2) is 16.7 Å². The molecule has 1 aliphatic rings. The lowest BCUT2D eigenvalue weighted by Gasteiger charge is -2.28. The fourth-order valence-electron chi connectivity index (χ4n) is 3.01. The average Bonchev–Trinajstić information content (AvgIpc) is 2.71. The number of aromatic nitrogens is 1. The molecule has 0 atom stereocenters. The van der Waals surface area contributed by atoms with E-state index in [4.69, 9.17) is 0 Å². The molecule has 1 aromatic heterocycles. The van der Waals surface area contributed by atoms with E-state index in [1.807, 2.05) is 23.9 Å². The van der Waals surface area contributed by atoms with Gasteiger partial charge in [-0.15, -0.1) is 0 Å². The van der Waals surface area contributed by atoms with Gasteiger partial charge in [0.1, 0.15) is 5.69 Å². The van der Waals surface area contributed by atoms with Gasteiger partial charge < -0.3 is 9.88 Å². The van der Waals surface area contributed by atoms with Gasteiger partial charge in [-0.2, -0.15) is 0 Å². The summed E-state index contributed by atoms with van der Waals surface area (Å²) in [5, 5.41) is 3.17. The number of halogens is 1. The summed E-state index contributed by atoms with van der Waals surface area (Å²) in [6.07, 6.45) is 9.30. The van der Waals surface area contributed by atoms with Gasteiger partial charge in [-0.3, -0.25) is 4.79 Å². The summed E-state index contributed by atoms with van der Waals surface area (Å²) in [4.78, 5) is 12.2. The first kappa shape index (κ1) is 14.6. The van der Waals surface area contributed by atoms with Crippen molar-refractivity contribution >= 4 is 21.8 Å². The van der Waals surface area contributed by atoms with Crippen molar-refractivity contribution in [3.05, 3.63) is 22.4 Å². The molecule has 0 aliphatic heterocycles. The maximum absolute atomic E-state index is 12.2. The third-order valence-electron chi connectivity index (χ3n) is 4.08. The molecule has 0 radical (unpaired) electrons. The minimum Gasteiger partial charge on any atom is -0.348 e. The molecule has 1 aliphatic carbocycles. The summed E-state index contributed by atoms with van der Waals surface area (Å²) in [5.74, 6) is 0.925. The van der Waals surface area contributed by atoms with Crippen molar-refractivity contribution in [3.8, 4) is 0 Å². The monoisotopic (exact) mass is 326 g/mol. The van der Waals surface area contributed by atoms with Crippen molar-refractivity contribution in [2.45, 2.75) is 51.5 Å². The Kier molecular flexibility index (Phi) is 5.08. The topological polar surface area (TPSA) is 34.0 Å². The van der Waals surface area contributed by atoms with Crippen LogP contribution in [-0.2, 0) is 7.05 Å². The van der Waals surface area contributed by atoms with Crippen LogP contribution in [0.4, 0.5) is 0 Å². The molecule has 2 rings (SSSR count). The van der Waals surface area contributed by atoms with Crippen LogP contribution in [0.1, 0.15) is 55.9 Å². The Morgan fingerprint density at radius 3 is 2.63 bits per heavy atom. The van der Waals surface area contributed by atoms with E-state index in [0.717, 1.165) is 28.9 Å². The number of nitrogens with zero attached hydrogens (tertiary/aromatic N) is 1. The second-order valence-corrected chi connectivity index (χ2v) is 6.55. The molecule has 0 bridgehead atoms. The van der Waals surface area contributed by atoms with Gasteiger partial charge in [0.05, 0.1) is 0 Å². The highest BCUT2D eigenvalue weighted by molar-refractivity contribution is 9.10. The van der Waals surface area contributed by atoms with Gasteiger partial charge in [0, 0.05) is 23.8 Å². The molecule has 1 N–H and O–H groups in total. The summed E-state index contributed by atoms with van der Waals surface area (Å²) in [6, 6.07) is 2.23. The Hall–Kier alpha value is -0.770. The zero-order valence-electron chi connectivity index (χ0n) is 11.8. The van der Waals surface area contributed by atoms with Gasteiger partial charge in [0.2, 0.25) is 0 Å². The summed E-state index contributed by atoms with van der Waals surface area (Å²) < 4.78 is 2.81. The van der Waals surface area contributed by atoms with Crippen molar-refractivity contribution in [1.29, 1.82) is 0 Å². The van der Waals surface area contributed by atoms with Gasteiger partial charge >= 0.3 is 0 Å². The van der Waals surface area contributed by atoms with Crippen LogP contribution in [0.2, 0.25) is 0 Å². The standard InChI is InChI=1S/C15H23BrN2O/c1-3-4-11-5-7-13(8-6-11)17-15(19)14-9-12(16)10-18(14)2/h9-11,13H,3-8H2,1-2H3,(H,17,19). The van der Waals surface area contributed by atoms with E-state index in [2.05, 4.69) is 28.2 Å². The average molecular weight is 327 g/mol. The fraction of sp³-hybridized carbons (Fsp3) is 0.667. The van der Waals surface area contributed by atoms with Gasteiger partial charge in [-0.1, -0.05) is 19.8 Å². The van der Waals surface area contributed by atoms with E-state index in [-0.39, 0.29) is 5.91 Å². The fourth-order valence-corrected chi connectivity index (χ4v) is 3.54. The third kappa shape index (κ3) is 3.85. The van der Waals surface area contributed by atoms with E-state index in [0.29, 0.717) is 6.04 Å². The first-order valence-electron chi connectivity index (χ1n) is 7.23. The van der Waals surface area contributed by atoms with Gasteiger partial charge in [-0.25, -0.2) is 0 Å². The first-order valence-corrected chi connectivity index (χ1v) is 8.02. The molecule has 0 aromatic carbocycles. The van der Waals surface area contributed by atoms with Gasteiger partial charge in [0.15, 0.2) is 0 Å². The van der Waals surface area contributed by atoms with Crippen molar-refractivity contribution in [1.82, 2.24) is 9.88 Å². The smallest absolute Gasteiger partial charge is 0.268 e. The largest absolute Gasteiger partial charge is 0.348 e. The molecule has 3 nitrogen and oxygen atoms in total. The minimum absolute atomic E-state index is 0.0483. The van der Waals surface area contributed by atoms with Crippen molar-refractivity contribution in [2.24, 2.45) is 13.0 Å². The molecule has 4 heteroatoms. The minimum atomic E-state index is 0.0483. The molecular formula is C15H23BrN2O. The molecule has 0 unspecified atom stereocenters. The second-order valence-electron chi connectivity index (χ2n) is 5.63. The highest BCUT2D eigenvalue weighted by Crippen LogP contribution is 2.28. The molecule has 0 saturated heterocycles. The highest BCUT2D eigenvalue weighted by Gasteiger charge is 2.23. The Labute approximate surface area is 123 Å². The predicted octanol–water partition coefficient (Wildman–Crippen LogP) is 3.88. The number of aryl methyl sites for hydroxylation is 1. The van der Waals surface area contributed by atoms with Crippen LogP contribution in [-0.4, -0.2) is 16.5 Å². The lowest BCUT2D eigenvalue weighted by atomic mass is 9.83. The van der Waals surface area contributed by atoms with Crippen LogP contribution in [0.25, 0.3) is 0 Å². The lowest BCUT2D eigenvalue weighted by molar-refractivity contribution is 0.0913. The van der Waals surface area contributed by atoms with Crippen LogP contribution in [0.5, 0.6) is 0 Å². The van der Waals surface area contributed by atoms with Crippen LogP contribution < -0.4 is 5.32 Å². The van der Waals surface area contributed by atoms with Crippen LogP contribution in [0.3, 0.4) is 0 Å². The third-order valence-corrected chi connectivity index (χ3v) is 4.52. The SMILES string of the molecule is CCCC1CCC(NC(=O)c2cc(Br)cn2C)CC1. The number of nitrogens with one attached hydrogen (secondary N) is 1. The number of carbonyl (C=O) groups is 1. The molecule has 1 saturated carbocycles. The van der Waals surface area contributed by atoms with Crippen molar-refractivity contribution in [3.63, 3.8) is 0 Å². The van der Waals surface area contributed by atoms with Crippen LogP contribution in [0, 0.1) is 5.92 Å². The van der Waals surface area contributed by atoms with Crippen molar-refractivity contribution in [2.75, 3.05) is 0 Å². The Morgan fingerprint density at radius 2 is 2.11 bits per heavy atom. The molecule has 106 valence electrons. The molecule has 1 heterocycles. The zero-order chi connectivity index (χ0) is 13.8. The highest BCUT2D eigenvalue weighted by atomic mass is 79.9. The van der Waals surface area contributed by atoms with E-state index < -0.39 is 0 Å². The summed E-state index contributed by atoms with van der Waals surface area (Å²) in [5.41, 5.74) is 0.725. The number of rotatable bonds is 4. The van der Waals surface area contributed by atoms with Gasteiger partial charge in [-0.05, 0) is 53.6 Å². The molecule has 1 aromatic rings.